The van der Waals surface area contributed by atoms with Crippen molar-refractivity contribution in [3.8, 4) is 5.75 Å². The van der Waals surface area contributed by atoms with Crippen molar-refractivity contribution < 1.29 is 4.74 Å². The molecule has 11 heavy (non-hydrogen) atoms. The minimum absolute atomic E-state index is 0.766. The molecule has 1 aromatic carbocycles. The van der Waals surface area contributed by atoms with Crippen LogP contribution in [0.2, 0.25) is 5.02 Å². The lowest BCUT2D eigenvalue weighted by atomic mass is 10.1. The lowest BCUT2D eigenvalue weighted by Crippen LogP contribution is -1.89. The second-order valence-corrected chi connectivity index (χ2v) is 2.75. The van der Waals surface area contributed by atoms with E-state index in [0.29, 0.717) is 0 Å². The number of benzene rings is 1. The molecule has 1 aromatic rings. The summed E-state index contributed by atoms with van der Waals surface area (Å²) in [6.45, 7) is 2.08. The van der Waals surface area contributed by atoms with Crippen LogP contribution in [0.15, 0.2) is 18.2 Å². The fourth-order valence-electron chi connectivity index (χ4n) is 1.02. The van der Waals surface area contributed by atoms with E-state index in [4.69, 9.17) is 16.3 Å². The Morgan fingerprint density at radius 1 is 1.45 bits per heavy atom. The lowest BCUT2D eigenvalue weighted by Gasteiger charge is -2.05. The number of hydrogen-bond donors (Lipinski definition) is 0. The van der Waals surface area contributed by atoms with Crippen molar-refractivity contribution in [1.29, 1.82) is 0 Å². The van der Waals surface area contributed by atoms with E-state index in [1.807, 2.05) is 18.2 Å². The molecule has 0 bridgehead atoms. The highest BCUT2D eigenvalue weighted by Crippen LogP contribution is 2.22. The second-order valence-electron chi connectivity index (χ2n) is 2.31. The summed E-state index contributed by atoms with van der Waals surface area (Å²) < 4.78 is 5.13. The van der Waals surface area contributed by atoms with Crippen molar-refractivity contribution in [3.63, 3.8) is 0 Å². The van der Waals surface area contributed by atoms with E-state index in [0.717, 1.165) is 22.8 Å². The third-order valence-corrected chi connectivity index (χ3v) is 1.86. The van der Waals surface area contributed by atoms with Gasteiger partial charge in [-0.3, -0.25) is 0 Å². The average molecular weight is 171 g/mol. The first kappa shape index (κ1) is 8.41. The van der Waals surface area contributed by atoms with Gasteiger partial charge in [0.15, 0.2) is 0 Å². The number of rotatable bonds is 2. The van der Waals surface area contributed by atoms with Crippen molar-refractivity contribution >= 4 is 11.6 Å². The van der Waals surface area contributed by atoms with Crippen molar-refractivity contribution in [2.24, 2.45) is 0 Å². The first-order chi connectivity index (χ1) is 5.27. The van der Waals surface area contributed by atoms with Gasteiger partial charge in [0.05, 0.1) is 7.11 Å². The Morgan fingerprint density at radius 3 is 2.73 bits per heavy atom. The maximum atomic E-state index is 5.80. The van der Waals surface area contributed by atoms with Crippen LogP contribution in [0.25, 0.3) is 0 Å². The van der Waals surface area contributed by atoms with E-state index in [9.17, 15) is 0 Å². The van der Waals surface area contributed by atoms with Crippen LogP contribution in [0.3, 0.4) is 0 Å². The maximum absolute atomic E-state index is 5.80. The summed E-state index contributed by atoms with van der Waals surface area (Å²) in [7, 11) is 1.67. The van der Waals surface area contributed by atoms with Gasteiger partial charge in [-0.15, -0.1) is 0 Å². The minimum atomic E-state index is 0.766. The molecule has 0 saturated carbocycles. The molecule has 1 nitrogen and oxygen atoms in total. The number of aryl methyl sites for hydroxylation is 1. The second kappa shape index (κ2) is 3.63. The monoisotopic (exact) mass is 170 g/mol. The van der Waals surface area contributed by atoms with Crippen LogP contribution in [0.5, 0.6) is 5.75 Å². The van der Waals surface area contributed by atoms with Crippen LogP contribution < -0.4 is 4.74 Å². The first-order valence-electron chi connectivity index (χ1n) is 3.60. The van der Waals surface area contributed by atoms with Gasteiger partial charge in [-0.25, -0.2) is 0 Å². The van der Waals surface area contributed by atoms with Gasteiger partial charge >= 0.3 is 0 Å². The lowest BCUT2D eigenvalue weighted by molar-refractivity contribution is 0.410. The zero-order chi connectivity index (χ0) is 8.27. The topological polar surface area (TPSA) is 9.23 Å². The molecule has 0 atom stereocenters. The van der Waals surface area contributed by atoms with E-state index in [1.165, 1.54) is 0 Å². The van der Waals surface area contributed by atoms with Gasteiger partial charge in [-0.05, 0) is 30.2 Å². The highest BCUT2D eigenvalue weighted by atomic mass is 35.5. The van der Waals surface area contributed by atoms with Crippen LogP contribution in [-0.4, -0.2) is 7.11 Å². The fourth-order valence-corrected chi connectivity index (χ4v) is 1.22. The van der Waals surface area contributed by atoms with Crippen molar-refractivity contribution in [1.82, 2.24) is 0 Å². The quantitative estimate of drug-likeness (QED) is 0.663. The standard InChI is InChI=1S/C9H11ClO/c1-3-7-6-8(10)4-5-9(7)11-2/h4-6H,3H2,1-2H3. The van der Waals surface area contributed by atoms with Gasteiger partial charge in [0.2, 0.25) is 0 Å². The summed E-state index contributed by atoms with van der Waals surface area (Å²) in [5, 5.41) is 0.766. The summed E-state index contributed by atoms with van der Waals surface area (Å²) in [6.07, 6.45) is 0.948. The molecule has 0 unspecified atom stereocenters. The number of ether oxygens (including phenoxy) is 1. The van der Waals surface area contributed by atoms with E-state index in [2.05, 4.69) is 6.92 Å². The molecule has 0 N–H and O–H groups in total. The summed E-state index contributed by atoms with van der Waals surface area (Å²) >= 11 is 5.80. The van der Waals surface area contributed by atoms with Gasteiger partial charge in [0.1, 0.15) is 5.75 Å². The molecule has 0 fully saturated rings. The smallest absolute Gasteiger partial charge is 0.122 e. The Hall–Kier alpha value is -0.690. The fraction of sp³-hybridized carbons (Fsp3) is 0.333. The van der Waals surface area contributed by atoms with Crippen LogP contribution in [0, 0.1) is 0 Å². The van der Waals surface area contributed by atoms with E-state index in [1.54, 1.807) is 7.11 Å². The first-order valence-corrected chi connectivity index (χ1v) is 3.98. The number of hydrogen-bond acceptors (Lipinski definition) is 1. The number of methoxy groups -OCH3 is 1. The highest BCUT2D eigenvalue weighted by Gasteiger charge is 1.99. The molecule has 0 radical (unpaired) electrons. The maximum Gasteiger partial charge on any atom is 0.122 e. The predicted octanol–water partition coefficient (Wildman–Crippen LogP) is 2.91. The van der Waals surface area contributed by atoms with Gasteiger partial charge in [0, 0.05) is 5.02 Å². The van der Waals surface area contributed by atoms with Gasteiger partial charge in [-0.1, -0.05) is 18.5 Å². The molecule has 0 amide bonds. The van der Waals surface area contributed by atoms with Gasteiger partial charge in [-0.2, -0.15) is 0 Å². The van der Waals surface area contributed by atoms with Crippen LogP contribution >= 0.6 is 11.6 Å². The van der Waals surface area contributed by atoms with Crippen LogP contribution in [0.1, 0.15) is 12.5 Å². The molecule has 0 saturated heterocycles. The number of halogens is 1. The zero-order valence-corrected chi connectivity index (χ0v) is 7.48. The van der Waals surface area contributed by atoms with Gasteiger partial charge < -0.3 is 4.74 Å². The summed E-state index contributed by atoms with van der Waals surface area (Å²) in [6, 6.07) is 5.65. The van der Waals surface area contributed by atoms with Crippen molar-refractivity contribution in [2.75, 3.05) is 7.11 Å². The third kappa shape index (κ3) is 1.87. The summed E-state index contributed by atoms with van der Waals surface area (Å²) in [4.78, 5) is 0. The van der Waals surface area contributed by atoms with Crippen LogP contribution in [-0.2, 0) is 6.42 Å². The SMILES string of the molecule is CCc1cc(Cl)ccc1OC. The van der Waals surface area contributed by atoms with Gasteiger partial charge in [0.25, 0.3) is 0 Å². The highest BCUT2D eigenvalue weighted by molar-refractivity contribution is 6.30. The molecule has 0 aliphatic heterocycles. The molecule has 0 heterocycles. The zero-order valence-electron chi connectivity index (χ0n) is 6.73. The minimum Gasteiger partial charge on any atom is -0.496 e. The van der Waals surface area contributed by atoms with Crippen molar-refractivity contribution in [3.05, 3.63) is 28.8 Å². The van der Waals surface area contributed by atoms with E-state index < -0.39 is 0 Å². The molecule has 0 aromatic heterocycles. The summed E-state index contributed by atoms with van der Waals surface area (Å²) in [5.41, 5.74) is 1.15. The normalized spacial score (nSPS) is 9.73. The molecule has 0 aliphatic carbocycles. The van der Waals surface area contributed by atoms with E-state index in [-0.39, 0.29) is 0 Å². The van der Waals surface area contributed by atoms with E-state index >= 15 is 0 Å². The molecule has 2 heteroatoms. The molecular weight excluding hydrogens is 160 g/mol. The molecule has 0 spiro atoms. The molecule has 60 valence electrons. The average Bonchev–Trinajstić information content (AvgIpc) is 2.04. The predicted molar refractivity (Wildman–Crippen MR) is 47.4 cm³/mol. The third-order valence-electron chi connectivity index (χ3n) is 1.62. The molecular formula is C9H11ClO. The Morgan fingerprint density at radius 2 is 2.18 bits per heavy atom. The molecule has 0 aliphatic rings. The summed E-state index contributed by atoms with van der Waals surface area (Å²) in [5.74, 6) is 0.914. The largest absolute Gasteiger partial charge is 0.496 e. The Labute approximate surface area is 71.9 Å². The van der Waals surface area contributed by atoms with Crippen molar-refractivity contribution in [2.45, 2.75) is 13.3 Å². The molecule has 1 rings (SSSR count). The van der Waals surface area contributed by atoms with Crippen LogP contribution in [0.4, 0.5) is 0 Å². The Kier molecular flexibility index (Phi) is 2.77. The Bertz CT molecular complexity index is 245. The Balaban J connectivity index is 3.06.